The molecule has 1 fully saturated rings. The first-order chi connectivity index (χ1) is 9.09. The maximum Gasteiger partial charge on any atom is 0.262 e. The Hall–Kier alpha value is -2.50. The van der Waals surface area contributed by atoms with E-state index in [0.29, 0.717) is 0 Å². The fourth-order valence-corrected chi connectivity index (χ4v) is 2.35. The molecule has 1 saturated heterocycles. The molecule has 6 heteroatoms. The van der Waals surface area contributed by atoms with Gasteiger partial charge in [0.1, 0.15) is 6.04 Å². The van der Waals surface area contributed by atoms with E-state index in [1.165, 1.54) is 12.1 Å². The van der Waals surface area contributed by atoms with Crippen molar-refractivity contribution < 1.29 is 19.2 Å². The van der Waals surface area contributed by atoms with Gasteiger partial charge < -0.3 is 0 Å². The molecule has 19 heavy (non-hydrogen) atoms. The second-order valence-corrected chi connectivity index (χ2v) is 4.41. The van der Waals surface area contributed by atoms with Gasteiger partial charge in [-0.25, -0.2) is 0 Å². The lowest BCUT2D eigenvalue weighted by atomic mass is 10.0. The Morgan fingerprint density at radius 2 is 2.00 bits per heavy atom. The van der Waals surface area contributed by atoms with E-state index in [4.69, 9.17) is 0 Å². The van der Waals surface area contributed by atoms with Crippen LogP contribution in [0, 0.1) is 6.07 Å². The number of fused-ring (bicyclic) bond motifs is 1. The lowest BCUT2D eigenvalue weighted by molar-refractivity contribution is -0.136. The number of nitrogens with zero attached hydrogens (tertiary/aromatic N) is 1. The van der Waals surface area contributed by atoms with Crippen LogP contribution in [0.3, 0.4) is 0 Å². The molecule has 0 saturated carbocycles. The summed E-state index contributed by atoms with van der Waals surface area (Å²) in [5.41, 5.74) is 0.425. The summed E-state index contributed by atoms with van der Waals surface area (Å²) in [6, 6.07) is 6.47. The first kappa shape index (κ1) is 11.6. The Labute approximate surface area is 108 Å². The predicted molar refractivity (Wildman–Crippen MR) is 61.9 cm³/mol. The van der Waals surface area contributed by atoms with Gasteiger partial charge in [0.05, 0.1) is 11.1 Å². The van der Waals surface area contributed by atoms with Gasteiger partial charge in [-0.15, -0.1) is 0 Å². The number of piperidine rings is 1. The van der Waals surface area contributed by atoms with Crippen LogP contribution in [0.4, 0.5) is 0 Å². The molecular weight excluding hydrogens is 248 g/mol. The van der Waals surface area contributed by atoms with Crippen LogP contribution in [0.25, 0.3) is 0 Å². The fourth-order valence-electron chi connectivity index (χ4n) is 2.35. The Balaban J connectivity index is 1.96. The van der Waals surface area contributed by atoms with Crippen LogP contribution in [0.2, 0.25) is 0 Å². The zero-order valence-corrected chi connectivity index (χ0v) is 9.80. The van der Waals surface area contributed by atoms with Gasteiger partial charge >= 0.3 is 0 Å². The summed E-state index contributed by atoms with van der Waals surface area (Å²) >= 11 is 0. The number of benzene rings is 1. The molecule has 4 amide bonds. The van der Waals surface area contributed by atoms with Gasteiger partial charge in [0, 0.05) is 6.42 Å². The molecule has 1 N–H and O–H groups in total. The molecule has 1 radical (unpaired) electrons. The van der Waals surface area contributed by atoms with E-state index >= 15 is 0 Å². The number of carbonyl (C=O) groups is 4. The van der Waals surface area contributed by atoms with E-state index in [1.807, 2.05) is 0 Å². The highest BCUT2D eigenvalue weighted by molar-refractivity contribution is 6.23. The van der Waals surface area contributed by atoms with E-state index in [9.17, 15) is 19.2 Å². The third kappa shape index (κ3) is 1.64. The number of hydrogen-bond donors (Lipinski definition) is 1. The smallest absolute Gasteiger partial charge is 0.262 e. The highest BCUT2D eigenvalue weighted by Gasteiger charge is 2.44. The van der Waals surface area contributed by atoms with Crippen molar-refractivity contribution in [1.82, 2.24) is 10.2 Å². The summed E-state index contributed by atoms with van der Waals surface area (Å²) in [5, 5.41) is 2.14. The monoisotopic (exact) mass is 257 g/mol. The molecule has 3 rings (SSSR count). The number of carbonyl (C=O) groups excluding carboxylic acids is 4. The Morgan fingerprint density at radius 1 is 1.21 bits per heavy atom. The first-order valence-electron chi connectivity index (χ1n) is 5.82. The zero-order valence-electron chi connectivity index (χ0n) is 9.80. The number of amides is 4. The molecule has 1 aromatic rings. The highest BCUT2D eigenvalue weighted by Crippen LogP contribution is 2.26. The normalized spacial score (nSPS) is 22.5. The molecule has 1 atom stereocenters. The lowest BCUT2D eigenvalue weighted by Crippen LogP contribution is -2.54. The molecule has 1 aromatic carbocycles. The molecule has 6 nitrogen and oxygen atoms in total. The largest absolute Gasteiger partial charge is 0.295 e. The minimum atomic E-state index is -0.918. The van der Waals surface area contributed by atoms with Crippen molar-refractivity contribution in [3.8, 4) is 0 Å². The first-order valence-corrected chi connectivity index (χ1v) is 5.82. The maximum atomic E-state index is 12.2. The van der Waals surface area contributed by atoms with Crippen LogP contribution in [0.1, 0.15) is 33.6 Å². The average molecular weight is 257 g/mol. The van der Waals surface area contributed by atoms with Crippen LogP contribution in [-0.2, 0) is 9.59 Å². The summed E-state index contributed by atoms with van der Waals surface area (Å²) in [6.45, 7) is 0. The van der Waals surface area contributed by atoms with Crippen molar-refractivity contribution in [3.63, 3.8) is 0 Å². The Morgan fingerprint density at radius 3 is 2.68 bits per heavy atom. The molecule has 0 bridgehead atoms. The van der Waals surface area contributed by atoms with Crippen molar-refractivity contribution in [2.24, 2.45) is 0 Å². The highest BCUT2D eigenvalue weighted by atomic mass is 16.2. The minimum absolute atomic E-state index is 0.119. The SMILES string of the molecule is O=C1CCC(N2C(=O)c3[c]cccc3C2=O)C(=O)N1. The number of rotatable bonds is 1. The van der Waals surface area contributed by atoms with Crippen molar-refractivity contribution in [2.45, 2.75) is 18.9 Å². The number of nitrogens with one attached hydrogen (secondary N) is 1. The van der Waals surface area contributed by atoms with Gasteiger partial charge in [-0.1, -0.05) is 12.1 Å². The Bertz CT molecular complexity index is 588. The molecule has 2 heterocycles. The fraction of sp³-hybridized carbons (Fsp3) is 0.231. The number of imide groups is 2. The third-order valence-electron chi connectivity index (χ3n) is 3.26. The van der Waals surface area contributed by atoms with Gasteiger partial charge in [0.15, 0.2) is 0 Å². The standard InChI is InChI=1S/C13H9N2O4/c16-10-6-5-9(11(17)14-10)15-12(18)7-3-1-2-4-8(7)13(15)19/h1-3,9H,5-6H2,(H,14,16,17). The molecule has 0 aliphatic carbocycles. The van der Waals surface area contributed by atoms with Crippen molar-refractivity contribution in [2.75, 3.05) is 0 Å². The second-order valence-electron chi connectivity index (χ2n) is 4.41. The summed E-state index contributed by atoms with van der Waals surface area (Å²) in [4.78, 5) is 48.1. The molecule has 2 aliphatic rings. The second kappa shape index (κ2) is 4.01. The predicted octanol–water partition coefficient (Wildman–Crippen LogP) is -0.112. The molecule has 0 aromatic heterocycles. The van der Waals surface area contributed by atoms with E-state index in [-0.39, 0.29) is 29.9 Å². The van der Waals surface area contributed by atoms with E-state index < -0.39 is 23.8 Å². The van der Waals surface area contributed by atoms with Crippen molar-refractivity contribution in [1.29, 1.82) is 0 Å². The molecule has 0 spiro atoms. The van der Waals surface area contributed by atoms with Crippen molar-refractivity contribution >= 4 is 23.6 Å². The lowest BCUT2D eigenvalue weighted by Gasteiger charge is -2.27. The quantitative estimate of drug-likeness (QED) is 0.711. The van der Waals surface area contributed by atoms with E-state index in [1.54, 1.807) is 6.07 Å². The molecular formula is C13H9N2O4. The van der Waals surface area contributed by atoms with Gasteiger partial charge in [-0.05, 0) is 18.6 Å². The minimum Gasteiger partial charge on any atom is -0.295 e. The maximum absolute atomic E-state index is 12.2. The van der Waals surface area contributed by atoms with Crippen LogP contribution in [0.15, 0.2) is 18.2 Å². The summed E-state index contributed by atoms with van der Waals surface area (Å²) in [6.07, 6.45) is 0.281. The summed E-state index contributed by atoms with van der Waals surface area (Å²) in [7, 11) is 0. The average Bonchev–Trinajstić information content (AvgIpc) is 2.64. The molecule has 1 unspecified atom stereocenters. The van der Waals surface area contributed by atoms with E-state index in [2.05, 4.69) is 11.4 Å². The van der Waals surface area contributed by atoms with Gasteiger partial charge in [-0.3, -0.25) is 29.4 Å². The third-order valence-corrected chi connectivity index (χ3v) is 3.26. The van der Waals surface area contributed by atoms with Crippen LogP contribution in [0.5, 0.6) is 0 Å². The van der Waals surface area contributed by atoms with Gasteiger partial charge in [0.2, 0.25) is 11.8 Å². The summed E-state index contributed by atoms with van der Waals surface area (Å²) in [5.74, 6) is -2.03. The van der Waals surface area contributed by atoms with Crippen LogP contribution >= 0.6 is 0 Å². The van der Waals surface area contributed by atoms with Gasteiger partial charge in [0.25, 0.3) is 11.8 Å². The molecule has 95 valence electrons. The Kier molecular flexibility index (Phi) is 2.45. The zero-order chi connectivity index (χ0) is 13.6. The van der Waals surface area contributed by atoms with Crippen LogP contribution < -0.4 is 5.32 Å². The van der Waals surface area contributed by atoms with E-state index in [0.717, 1.165) is 4.90 Å². The van der Waals surface area contributed by atoms with Gasteiger partial charge in [-0.2, -0.15) is 0 Å². The topological polar surface area (TPSA) is 83.6 Å². The number of hydrogen-bond acceptors (Lipinski definition) is 4. The van der Waals surface area contributed by atoms with Crippen LogP contribution in [-0.4, -0.2) is 34.6 Å². The summed E-state index contributed by atoms with van der Waals surface area (Å²) < 4.78 is 0. The molecule has 2 aliphatic heterocycles. The van der Waals surface area contributed by atoms with Crippen molar-refractivity contribution in [3.05, 3.63) is 35.4 Å².